The summed E-state index contributed by atoms with van der Waals surface area (Å²) in [5, 5.41) is 0. The van der Waals surface area contributed by atoms with Gasteiger partial charge in [-0.15, -0.1) is 0 Å². The Morgan fingerprint density at radius 2 is 2.56 bits per heavy atom. The fourth-order valence-corrected chi connectivity index (χ4v) is 1.99. The van der Waals surface area contributed by atoms with Gasteiger partial charge in [0.1, 0.15) is 11.9 Å². The molecule has 1 aliphatic rings. The first-order chi connectivity index (χ1) is 8.70. The van der Waals surface area contributed by atoms with Gasteiger partial charge in [0.05, 0.1) is 26.2 Å². The lowest BCUT2D eigenvalue weighted by molar-refractivity contribution is -0.140. The summed E-state index contributed by atoms with van der Waals surface area (Å²) in [5.74, 6) is 0.894. The van der Waals surface area contributed by atoms with E-state index in [2.05, 4.69) is 9.97 Å². The summed E-state index contributed by atoms with van der Waals surface area (Å²) in [6, 6.07) is 0. The van der Waals surface area contributed by atoms with E-state index in [0.29, 0.717) is 32.7 Å². The van der Waals surface area contributed by atoms with Crippen LogP contribution < -0.4 is 0 Å². The second kappa shape index (κ2) is 5.97. The van der Waals surface area contributed by atoms with Crippen molar-refractivity contribution in [2.24, 2.45) is 0 Å². The third-order valence-corrected chi connectivity index (χ3v) is 2.97. The Kier molecular flexibility index (Phi) is 4.33. The number of H-pyrrole nitrogens is 1. The lowest BCUT2D eigenvalue weighted by Gasteiger charge is -2.32. The van der Waals surface area contributed by atoms with Crippen molar-refractivity contribution in [1.82, 2.24) is 14.9 Å². The van der Waals surface area contributed by atoms with Crippen molar-refractivity contribution in [3.05, 3.63) is 17.7 Å². The fraction of sp³-hybridized carbons (Fsp3) is 0.667. The zero-order valence-corrected chi connectivity index (χ0v) is 10.8. The average molecular weight is 253 g/mol. The first-order valence-electron chi connectivity index (χ1n) is 6.10. The summed E-state index contributed by atoms with van der Waals surface area (Å²) in [5.41, 5.74) is 0.997. The predicted octanol–water partition coefficient (Wildman–Crippen LogP) is 0.655. The monoisotopic (exact) mass is 253 g/mol. The number of methoxy groups -OCH3 is 1. The number of carbonyl (C=O) groups excluding carboxylic acids is 1. The van der Waals surface area contributed by atoms with Crippen LogP contribution in [0.3, 0.4) is 0 Å². The summed E-state index contributed by atoms with van der Waals surface area (Å²) in [6.07, 6.45) is 2.03. The molecule has 0 spiro atoms. The smallest absolute Gasteiger partial charge is 0.225 e. The molecule has 100 valence electrons. The average Bonchev–Trinajstić information content (AvgIpc) is 2.83. The topological polar surface area (TPSA) is 67.4 Å². The molecule has 0 radical (unpaired) electrons. The van der Waals surface area contributed by atoms with Crippen molar-refractivity contribution in [2.75, 3.05) is 33.4 Å². The highest BCUT2D eigenvalue weighted by Gasteiger charge is 2.26. The number of nitrogens with zero attached hydrogens (tertiary/aromatic N) is 2. The van der Waals surface area contributed by atoms with Crippen LogP contribution >= 0.6 is 0 Å². The molecule has 1 unspecified atom stereocenters. The van der Waals surface area contributed by atoms with E-state index in [4.69, 9.17) is 9.47 Å². The normalized spacial score (nSPS) is 20.1. The largest absolute Gasteiger partial charge is 0.384 e. The van der Waals surface area contributed by atoms with Gasteiger partial charge in [-0.05, 0) is 6.92 Å². The number of hydrogen-bond donors (Lipinski definition) is 1. The highest BCUT2D eigenvalue weighted by atomic mass is 16.5. The van der Waals surface area contributed by atoms with Crippen LogP contribution in [0.4, 0.5) is 0 Å². The Morgan fingerprint density at radius 1 is 1.72 bits per heavy atom. The van der Waals surface area contributed by atoms with Crippen LogP contribution in [0, 0.1) is 6.92 Å². The number of rotatable bonds is 4. The van der Waals surface area contributed by atoms with Gasteiger partial charge in [0.15, 0.2) is 0 Å². The van der Waals surface area contributed by atoms with E-state index >= 15 is 0 Å². The van der Waals surface area contributed by atoms with Crippen LogP contribution in [0.2, 0.25) is 0 Å². The zero-order chi connectivity index (χ0) is 13.0. The lowest BCUT2D eigenvalue weighted by atomic mass is 10.2. The van der Waals surface area contributed by atoms with Gasteiger partial charge < -0.3 is 19.4 Å². The van der Waals surface area contributed by atoms with Crippen LogP contribution in [0.15, 0.2) is 6.20 Å². The number of hydrogen-bond acceptors (Lipinski definition) is 4. The van der Waals surface area contributed by atoms with Crippen LogP contribution in [0.25, 0.3) is 0 Å². The highest BCUT2D eigenvalue weighted by molar-refractivity contribution is 5.76. The summed E-state index contributed by atoms with van der Waals surface area (Å²) in [6.45, 7) is 4.14. The standard InChI is InChI=1S/C12H19N3O3/c1-9-7-13-12(14-9)10-8-15(4-6-18-10)11(16)3-5-17-2/h7,10H,3-6,8H2,1-2H3,(H,13,14). The van der Waals surface area contributed by atoms with E-state index in [0.717, 1.165) is 11.5 Å². The molecule has 1 fully saturated rings. The van der Waals surface area contributed by atoms with Gasteiger partial charge in [-0.2, -0.15) is 0 Å². The van der Waals surface area contributed by atoms with Gasteiger partial charge in [0.2, 0.25) is 5.91 Å². The minimum atomic E-state index is -0.154. The first kappa shape index (κ1) is 13.0. The van der Waals surface area contributed by atoms with Gasteiger partial charge in [0.25, 0.3) is 0 Å². The first-order valence-corrected chi connectivity index (χ1v) is 6.10. The molecule has 0 bridgehead atoms. The molecule has 1 atom stereocenters. The second-order valence-electron chi connectivity index (χ2n) is 4.39. The number of nitrogens with one attached hydrogen (secondary N) is 1. The third kappa shape index (κ3) is 3.08. The molecular formula is C12H19N3O3. The molecule has 1 aliphatic heterocycles. The lowest BCUT2D eigenvalue weighted by Crippen LogP contribution is -2.42. The summed E-state index contributed by atoms with van der Waals surface area (Å²) < 4.78 is 10.6. The maximum atomic E-state index is 11.9. The van der Waals surface area contributed by atoms with Gasteiger partial charge >= 0.3 is 0 Å². The number of carbonyl (C=O) groups is 1. The molecule has 6 nitrogen and oxygen atoms in total. The number of aromatic nitrogens is 2. The van der Waals surface area contributed by atoms with Crippen molar-refractivity contribution >= 4 is 5.91 Å². The van der Waals surface area contributed by atoms with Crippen LogP contribution in [0.1, 0.15) is 24.0 Å². The molecule has 0 saturated carbocycles. The molecule has 0 aromatic carbocycles. The number of amides is 1. The van der Waals surface area contributed by atoms with Crippen molar-refractivity contribution in [3.63, 3.8) is 0 Å². The Hall–Kier alpha value is -1.40. The summed E-state index contributed by atoms with van der Waals surface area (Å²) in [4.78, 5) is 21.1. The molecular weight excluding hydrogens is 234 g/mol. The minimum absolute atomic E-state index is 0.105. The zero-order valence-electron chi connectivity index (χ0n) is 10.8. The molecule has 2 rings (SSSR count). The summed E-state index contributed by atoms with van der Waals surface area (Å²) in [7, 11) is 1.60. The van der Waals surface area contributed by atoms with Gasteiger partial charge in [-0.1, -0.05) is 0 Å². The van der Waals surface area contributed by atoms with E-state index in [9.17, 15) is 4.79 Å². The summed E-state index contributed by atoms with van der Waals surface area (Å²) >= 11 is 0. The molecule has 1 aromatic rings. The number of morpholine rings is 1. The molecule has 1 amide bonds. The van der Waals surface area contributed by atoms with Gasteiger partial charge in [0, 0.05) is 25.5 Å². The molecule has 1 saturated heterocycles. The molecule has 6 heteroatoms. The Bertz CT molecular complexity index is 405. The van der Waals surface area contributed by atoms with E-state index < -0.39 is 0 Å². The number of imidazole rings is 1. The SMILES string of the molecule is COCCC(=O)N1CCOC(c2ncc(C)[nH]2)C1. The van der Waals surface area contributed by atoms with Gasteiger partial charge in [-0.3, -0.25) is 4.79 Å². The molecule has 2 heterocycles. The minimum Gasteiger partial charge on any atom is -0.384 e. The van der Waals surface area contributed by atoms with Gasteiger partial charge in [-0.25, -0.2) is 4.98 Å². The number of ether oxygens (including phenoxy) is 2. The Balaban J connectivity index is 1.94. The van der Waals surface area contributed by atoms with Crippen molar-refractivity contribution in [1.29, 1.82) is 0 Å². The molecule has 1 N–H and O–H groups in total. The molecule has 0 aliphatic carbocycles. The second-order valence-corrected chi connectivity index (χ2v) is 4.39. The van der Waals surface area contributed by atoms with Crippen LogP contribution in [-0.2, 0) is 14.3 Å². The third-order valence-electron chi connectivity index (χ3n) is 2.97. The Morgan fingerprint density at radius 3 is 3.22 bits per heavy atom. The van der Waals surface area contributed by atoms with Crippen molar-refractivity contribution in [2.45, 2.75) is 19.4 Å². The molecule has 1 aromatic heterocycles. The van der Waals surface area contributed by atoms with E-state index in [1.54, 1.807) is 13.3 Å². The van der Waals surface area contributed by atoms with E-state index in [1.807, 2.05) is 11.8 Å². The maximum Gasteiger partial charge on any atom is 0.225 e. The maximum absolute atomic E-state index is 11.9. The highest BCUT2D eigenvalue weighted by Crippen LogP contribution is 2.20. The number of aryl methyl sites for hydroxylation is 1. The quantitative estimate of drug-likeness (QED) is 0.855. The van der Waals surface area contributed by atoms with E-state index in [-0.39, 0.29) is 12.0 Å². The van der Waals surface area contributed by atoms with Crippen LogP contribution in [0.5, 0.6) is 0 Å². The molecule has 18 heavy (non-hydrogen) atoms. The Labute approximate surface area is 106 Å². The van der Waals surface area contributed by atoms with Crippen molar-refractivity contribution in [3.8, 4) is 0 Å². The van der Waals surface area contributed by atoms with Crippen LogP contribution in [-0.4, -0.2) is 54.2 Å². The van der Waals surface area contributed by atoms with E-state index in [1.165, 1.54) is 0 Å². The number of aromatic amines is 1. The predicted molar refractivity (Wildman–Crippen MR) is 65.1 cm³/mol. The van der Waals surface area contributed by atoms with Crippen molar-refractivity contribution < 1.29 is 14.3 Å². The fourth-order valence-electron chi connectivity index (χ4n) is 1.99.